The Morgan fingerprint density at radius 3 is 2.75 bits per heavy atom. The molecule has 0 aromatic carbocycles. The van der Waals surface area contributed by atoms with Crippen LogP contribution in [-0.2, 0) is 13.5 Å². The van der Waals surface area contributed by atoms with Crippen molar-refractivity contribution in [1.29, 1.82) is 0 Å². The second kappa shape index (κ2) is 2.51. The average molecular weight is 166 g/mol. The Kier molecular flexibility index (Phi) is 1.60. The van der Waals surface area contributed by atoms with Gasteiger partial charge in [-0.15, -0.1) is 0 Å². The first-order chi connectivity index (χ1) is 5.74. The maximum atomic E-state index is 9.60. The van der Waals surface area contributed by atoms with Crippen molar-refractivity contribution in [3.05, 3.63) is 11.3 Å². The fraction of sp³-hybridized carbons (Fsp3) is 0.667. The van der Waals surface area contributed by atoms with Gasteiger partial charge in [0.1, 0.15) is 0 Å². The number of hydrogen-bond donors (Lipinski definition) is 1. The molecule has 0 saturated heterocycles. The SMILES string of the molecule is CCc1c(C2CC2)nn(C)c1O. The number of aromatic hydroxyl groups is 1. The Labute approximate surface area is 72.0 Å². The first-order valence-corrected chi connectivity index (χ1v) is 4.48. The smallest absolute Gasteiger partial charge is 0.212 e. The summed E-state index contributed by atoms with van der Waals surface area (Å²) < 4.78 is 1.58. The Morgan fingerprint density at radius 2 is 2.25 bits per heavy atom. The van der Waals surface area contributed by atoms with Crippen molar-refractivity contribution >= 4 is 0 Å². The molecule has 1 aliphatic rings. The average Bonchev–Trinajstić information content (AvgIpc) is 2.82. The molecule has 1 heterocycles. The van der Waals surface area contributed by atoms with E-state index in [0.29, 0.717) is 11.8 Å². The molecule has 0 spiro atoms. The van der Waals surface area contributed by atoms with Crippen molar-refractivity contribution < 1.29 is 5.11 Å². The highest BCUT2D eigenvalue weighted by Gasteiger charge is 2.30. The van der Waals surface area contributed by atoms with Gasteiger partial charge >= 0.3 is 0 Å². The normalized spacial score (nSPS) is 16.8. The molecule has 1 saturated carbocycles. The molecule has 1 aromatic rings. The maximum Gasteiger partial charge on any atom is 0.212 e. The van der Waals surface area contributed by atoms with Gasteiger partial charge in [-0.05, 0) is 19.3 Å². The summed E-state index contributed by atoms with van der Waals surface area (Å²) in [7, 11) is 1.79. The van der Waals surface area contributed by atoms with Gasteiger partial charge < -0.3 is 5.11 Å². The second-order valence-corrected chi connectivity index (χ2v) is 3.44. The monoisotopic (exact) mass is 166 g/mol. The van der Waals surface area contributed by atoms with Gasteiger partial charge in [-0.2, -0.15) is 5.10 Å². The van der Waals surface area contributed by atoms with Gasteiger partial charge in [0.25, 0.3) is 0 Å². The Morgan fingerprint density at radius 1 is 1.58 bits per heavy atom. The number of aromatic nitrogens is 2. The summed E-state index contributed by atoms with van der Waals surface area (Å²) in [6, 6.07) is 0. The first kappa shape index (κ1) is 7.65. The van der Waals surface area contributed by atoms with Crippen molar-refractivity contribution in [1.82, 2.24) is 9.78 Å². The molecule has 0 amide bonds. The van der Waals surface area contributed by atoms with Crippen LogP contribution in [-0.4, -0.2) is 14.9 Å². The molecular formula is C9H14N2O. The summed E-state index contributed by atoms with van der Waals surface area (Å²) in [5, 5.41) is 13.9. The zero-order valence-corrected chi connectivity index (χ0v) is 7.54. The predicted octanol–water partition coefficient (Wildman–Crippen LogP) is 1.57. The predicted molar refractivity (Wildman–Crippen MR) is 46.2 cm³/mol. The molecule has 1 fully saturated rings. The van der Waals surface area contributed by atoms with Gasteiger partial charge in [0.05, 0.1) is 5.69 Å². The molecule has 0 bridgehead atoms. The Bertz CT molecular complexity index is 300. The zero-order valence-electron chi connectivity index (χ0n) is 7.54. The van der Waals surface area contributed by atoms with E-state index >= 15 is 0 Å². The standard InChI is InChI=1S/C9H14N2O/c1-3-7-8(6-4-5-6)10-11(2)9(7)12/h6,12H,3-5H2,1-2H3. The summed E-state index contributed by atoms with van der Waals surface area (Å²) >= 11 is 0. The van der Waals surface area contributed by atoms with Crippen molar-refractivity contribution in [3.63, 3.8) is 0 Å². The quantitative estimate of drug-likeness (QED) is 0.724. The van der Waals surface area contributed by atoms with E-state index in [1.165, 1.54) is 12.8 Å². The van der Waals surface area contributed by atoms with Gasteiger partial charge in [-0.3, -0.25) is 0 Å². The Hall–Kier alpha value is -0.990. The third-order valence-electron chi connectivity index (χ3n) is 2.46. The highest BCUT2D eigenvalue weighted by Crippen LogP contribution is 2.42. The van der Waals surface area contributed by atoms with Gasteiger partial charge in [-0.25, -0.2) is 4.68 Å². The van der Waals surface area contributed by atoms with E-state index in [2.05, 4.69) is 12.0 Å². The van der Waals surface area contributed by atoms with Crippen LogP contribution in [0.15, 0.2) is 0 Å². The van der Waals surface area contributed by atoms with Crippen LogP contribution in [0.1, 0.15) is 36.9 Å². The molecule has 12 heavy (non-hydrogen) atoms. The summed E-state index contributed by atoms with van der Waals surface area (Å²) in [5.74, 6) is 0.978. The van der Waals surface area contributed by atoms with Crippen LogP contribution in [0.4, 0.5) is 0 Å². The number of hydrogen-bond acceptors (Lipinski definition) is 2. The molecule has 3 nitrogen and oxygen atoms in total. The van der Waals surface area contributed by atoms with Gasteiger partial charge in [0, 0.05) is 18.5 Å². The van der Waals surface area contributed by atoms with Crippen LogP contribution >= 0.6 is 0 Å². The number of nitrogens with zero attached hydrogens (tertiary/aromatic N) is 2. The number of rotatable bonds is 2. The zero-order chi connectivity index (χ0) is 8.72. The molecular weight excluding hydrogens is 152 g/mol. The lowest BCUT2D eigenvalue weighted by molar-refractivity contribution is 0.414. The van der Waals surface area contributed by atoms with Crippen molar-refractivity contribution in [2.45, 2.75) is 32.1 Å². The summed E-state index contributed by atoms with van der Waals surface area (Å²) in [6.07, 6.45) is 3.36. The molecule has 66 valence electrons. The van der Waals surface area contributed by atoms with E-state index in [-0.39, 0.29) is 0 Å². The van der Waals surface area contributed by atoms with Crippen LogP contribution in [0.5, 0.6) is 5.88 Å². The number of aryl methyl sites for hydroxylation is 1. The van der Waals surface area contributed by atoms with Crippen molar-refractivity contribution in [2.75, 3.05) is 0 Å². The largest absolute Gasteiger partial charge is 0.493 e. The van der Waals surface area contributed by atoms with Gasteiger partial charge in [0.2, 0.25) is 5.88 Å². The summed E-state index contributed by atoms with van der Waals surface area (Å²) in [5.41, 5.74) is 2.16. The second-order valence-electron chi connectivity index (χ2n) is 3.44. The molecule has 0 radical (unpaired) electrons. The molecule has 1 aliphatic carbocycles. The topological polar surface area (TPSA) is 38.0 Å². The van der Waals surface area contributed by atoms with E-state index in [0.717, 1.165) is 17.7 Å². The lowest BCUT2D eigenvalue weighted by Crippen LogP contribution is -1.90. The van der Waals surface area contributed by atoms with Crippen molar-refractivity contribution in [3.8, 4) is 5.88 Å². The molecule has 1 aromatic heterocycles. The van der Waals surface area contributed by atoms with Crippen LogP contribution in [0.25, 0.3) is 0 Å². The fourth-order valence-corrected chi connectivity index (χ4v) is 1.60. The lowest BCUT2D eigenvalue weighted by atomic mass is 10.1. The molecule has 0 unspecified atom stereocenters. The summed E-state index contributed by atoms with van der Waals surface area (Å²) in [6.45, 7) is 2.06. The third-order valence-corrected chi connectivity index (χ3v) is 2.46. The van der Waals surface area contributed by atoms with Crippen LogP contribution < -0.4 is 0 Å². The highest BCUT2D eigenvalue weighted by molar-refractivity contribution is 5.34. The lowest BCUT2D eigenvalue weighted by Gasteiger charge is -1.95. The molecule has 3 heteroatoms. The van der Waals surface area contributed by atoms with E-state index in [9.17, 15) is 5.11 Å². The third kappa shape index (κ3) is 1.00. The minimum Gasteiger partial charge on any atom is -0.493 e. The molecule has 1 N–H and O–H groups in total. The minimum atomic E-state index is 0.347. The minimum absolute atomic E-state index is 0.347. The fourth-order valence-electron chi connectivity index (χ4n) is 1.60. The van der Waals surface area contributed by atoms with E-state index in [1.54, 1.807) is 11.7 Å². The summed E-state index contributed by atoms with van der Waals surface area (Å²) in [4.78, 5) is 0. The van der Waals surface area contributed by atoms with Crippen LogP contribution in [0, 0.1) is 0 Å². The van der Waals surface area contributed by atoms with Gasteiger partial charge in [0.15, 0.2) is 0 Å². The first-order valence-electron chi connectivity index (χ1n) is 4.48. The molecule has 0 atom stereocenters. The van der Waals surface area contributed by atoms with E-state index < -0.39 is 0 Å². The van der Waals surface area contributed by atoms with Crippen molar-refractivity contribution in [2.24, 2.45) is 7.05 Å². The molecule has 2 rings (SSSR count). The van der Waals surface area contributed by atoms with E-state index in [4.69, 9.17) is 0 Å². The maximum absolute atomic E-state index is 9.60. The Balaban J connectivity index is 2.44. The van der Waals surface area contributed by atoms with E-state index in [1.807, 2.05) is 0 Å². The van der Waals surface area contributed by atoms with Gasteiger partial charge in [-0.1, -0.05) is 6.92 Å². The molecule has 0 aliphatic heterocycles. The van der Waals surface area contributed by atoms with Crippen LogP contribution in [0.2, 0.25) is 0 Å². The highest BCUT2D eigenvalue weighted by atomic mass is 16.3. The van der Waals surface area contributed by atoms with Crippen LogP contribution in [0.3, 0.4) is 0 Å².